The van der Waals surface area contributed by atoms with Crippen LogP contribution in [-0.2, 0) is 20.9 Å². The number of esters is 1. The monoisotopic (exact) mass is 362 g/mol. The first kappa shape index (κ1) is 19.9. The minimum Gasteiger partial charge on any atom is -0.449 e. The molecule has 0 aliphatic heterocycles. The molecule has 0 heterocycles. The van der Waals surface area contributed by atoms with Crippen molar-refractivity contribution in [2.24, 2.45) is 0 Å². The molecule has 2 rings (SSSR count). The molecule has 7 nitrogen and oxygen atoms in total. The minimum atomic E-state index is -1.07. The second-order valence-electron chi connectivity index (χ2n) is 6.48. The molecule has 1 saturated carbocycles. The molecule has 0 radical (unpaired) electrons. The van der Waals surface area contributed by atoms with E-state index in [0.717, 1.165) is 31.2 Å². The van der Waals surface area contributed by atoms with Gasteiger partial charge in [0.25, 0.3) is 5.91 Å². The van der Waals surface area contributed by atoms with Gasteiger partial charge in [0.1, 0.15) is 0 Å². The smallest absolute Gasteiger partial charge is 0.338 e. The molecule has 3 amide bonds. The van der Waals surface area contributed by atoms with E-state index in [-0.39, 0.29) is 6.04 Å². The number of ether oxygens (including phenoxy) is 2. The van der Waals surface area contributed by atoms with E-state index in [0.29, 0.717) is 12.2 Å². The molecule has 2 N–H and O–H groups in total. The summed E-state index contributed by atoms with van der Waals surface area (Å²) in [7, 11) is 1.59. The van der Waals surface area contributed by atoms with E-state index in [1.807, 2.05) is 0 Å². The van der Waals surface area contributed by atoms with Crippen molar-refractivity contribution in [2.75, 3.05) is 7.11 Å². The summed E-state index contributed by atoms with van der Waals surface area (Å²) in [5.41, 5.74) is 1.25. The van der Waals surface area contributed by atoms with Gasteiger partial charge in [0, 0.05) is 13.2 Å². The third kappa shape index (κ3) is 6.15. The van der Waals surface area contributed by atoms with Gasteiger partial charge in [-0.05, 0) is 37.5 Å². The molecule has 1 unspecified atom stereocenters. The lowest BCUT2D eigenvalue weighted by Gasteiger charge is -2.23. The van der Waals surface area contributed by atoms with Crippen LogP contribution in [0.1, 0.15) is 54.9 Å². The fourth-order valence-electron chi connectivity index (χ4n) is 2.87. The highest BCUT2D eigenvalue weighted by atomic mass is 16.5. The Morgan fingerprint density at radius 3 is 2.38 bits per heavy atom. The van der Waals surface area contributed by atoms with E-state index in [1.165, 1.54) is 13.3 Å². The van der Waals surface area contributed by atoms with E-state index < -0.39 is 24.0 Å². The van der Waals surface area contributed by atoms with Crippen LogP contribution in [0, 0.1) is 0 Å². The molecule has 0 spiro atoms. The number of rotatable bonds is 6. The van der Waals surface area contributed by atoms with Gasteiger partial charge in [0.05, 0.1) is 12.2 Å². The van der Waals surface area contributed by atoms with Crippen molar-refractivity contribution in [2.45, 2.75) is 57.8 Å². The summed E-state index contributed by atoms with van der Waals surface area (Å²) in [5, 5.41) is 5.01. The largest absolute Gasteiger partial charge is 0.449 e. The van der Waals surface area contributed by atoms with Crippen LogP contribution in [-0.4, -0.2) is 37.2 Å². The molecule has 1 aromatic rings. The Morgan fingerprint density at radius 2 is 1.77 bits per heavy atom. The number of hydrogen-bond acceptors (Lipinski definition) is 5. The van der Waals surface area contributed by atoms with Crippen molar-refractivity contribution in [3.8, 4) is 0 Å². The number of methoxy groups -OCH3 is 1. The molecular formula is C19H26N2O5. The lowest BCUT2D eigenvalue weighted by Crippen LogP contribution is -2.48. The number of carbonyl (C=O) groups is 3. The molecule has 7 heteroatoms. The predicted octanol–water partition coefficient (Wildman–Crippen LogP) is 2.54. The Hall–Kier alpha value is -2.41. The first-order chi connectivity index (χ1) is 12.5. The van der Waals surface area contributed by atoms with Gasteiger partial charge in [0.2, 0.25) is 0 Å². The highest BCUT2D eigenvalue weighted by Crippen LogP contribution is 2.17. The summed E-state index contributed by atoms with van der Waals surface area (Å²) in [4.78, 5) is 36.0. The fourth-order valence-corrected chi connectivity index (χ4v) is 2.87. The average Bonchev–Trinajstić information content (AvgIpc) is 2.63. The normalized spacial score (nSPS) is 15.8. The van der Waals surface area contributed by atoms with Gasteiger partial charge in [-0.3, -0.25) is 10.1 Å². The molecule has 26 heavy (non-hydrogen) atoms. The quantitative estimate of drug-likeness (QED) is 0.759. The topological polar surface area (TPSA) is 93.7 Å². The summed E-state index contributed by atoms with van der Waals surface area (Å²) in [6, 6.07) is 6.27. The van der Waals surface area contributed by atoms with Crippen molar-refractivity contribution in [3.05, 3.63) is 35.4 Å². The highest BCUT2D eigenvalue weighted by molar-refractivity contribution is 5.98. The van der Waals surface area contributed by atoms with Crippen LogP contribution in [0.15, 0.2) is 24.3 Å². The number of nitrogens with one attached hydrogen (secondary N) is 2. The number of amides is 3. The van der Waals surface area contributed by atoms with Crippen molar-refractivity contribution < 1.29 is 23.9 Å². The van der Waals surface area contributed by atoms with Gasteiger partial charge in [-0.2, -0.15) is 0 Å². The molecule has 1 atom stereocenters. The van der Waals surface area contributed by atoms with Gasteiger partial charge in [-0.1, -0.05) is 31.4 Å². The minimum absolute atomic E-state index is 0.0972. The van der Waals surface area contributed by atoms with E-state index in [2.05, 4.69) is 10.6 Å². The van der Waals surface area contributed by atoms with Gasteiger partial charge in [-0.15, -0.1) is 0 Å². The summed E-state index contributed by atoms with van der Waals surface area (Å²) in [6.45, 7) is 1.88. The molecule has 0 saturated heterocycles. The van der Waals surface area contributed by atoms with E-state index in [9.17, 15) is 14.4 Å². The molecule has 142 valence electrons. The number of imide groups is 1. The fraction of sp³-hybridized carbons (Fsp3) is 0.526. The van der Waals surface area contributed by atoms with Crippen LogP contribution < -0.4 is 10.6 Å². The van der Waals surface area contributed by atoms with Crippen LogP contribution >= 0.6 is 0 Å². The number of benzene rings is 1. The van der Waals surface area contributed by atoms with Crippen molar-refractivity contribution in [1.82, 2.24) is 10.6 Å². The summed E-state index contributed by atoms with van der Waals surface area (Å²) >= 11 is 0. The Labute approximate surface area is 153 Å². The van der Waals surface area contributed by atoms with E-state index >= 15 is 0 Å². The summed E-state index contributed by atoms with van der Waals surface area (Å²) in [5.74, 6) is -1.27. The zero-order chi connectivity index (χ0) is 18.9. The lowest BCUT2D eigenvalue weighted by atomic mass is 9.96. The van der Waals surface area contributed by atoms with Crippen LogP contribution in [0.4, 0.5) is 4.79 Å². The highest BCUT2D eigenvalue weighted by Gasteiger charge is 2.22. The predicted molar refractivity (Wildman–Crippen MR) is 95.6 cm³/mol. The molecule has 0 bridgehead atoms. The van der Waals surface area contributed by atoms with Crippen LogP contribution in [0.25, 0.3) is 0 Å². The maximum absolute atomic E-state index is 12.1. The maximum atomic E-state index is 12.1. The Bertz CT molecular complexity index is 623. The zero-order valence-corrected chi connectivity index (χ0v) is 15.2. The average molecular weight is 362 g/mol. The van der Waals surface area contributed by atoms with Crippen molar-refractivity contribution in [1.29, 1.82) is 0 Å². The molecule has 0 aromatic heterocycles. The Kier molecular flexibility index (Phi) is 7.59. The third-order valence-electron chi connectivity index (χ3n) is 4.33. The van der Waals surface area contributed by atoms with Crippen LogP contribution in [0.2, 0.25) is 0 Å². The summed E-state index contributed by atoms with van der Waals surface area (Å²) < 4.78 is 10.1. The SMILES string of the molecule is COCc1ccc(C(=O)OC(C)C(=O)NC(=O)NC2CCCCC2)cc1. The van der Waals surface area contributed by atoms with Crippen molar-refractivity contribution >= 4 is 17.9 Å². The van der Waals surface area contributed by atoms with E-state index in [4.69, 9.17) is 9.47 Å². The van der Waals surface area contributed by atoms with E-state index in [1.54, 1.807) is 31.4 Å². The third-order valence-corrected chi connectivity index (χ3v) is 4.33. The first-order valence-corrected chi connectivity index (χ1v) is 8.90. The second kappa shape index (κ2) is 9.91. The first-order valence-electron chi connectivity index (χ1n) is 8.90. The van der Waals surface area contributed by atoms with Gasteiger partial charge in [-0.25, -0.2) is 9.59 Å². The Balaban J connectivity index is 1.79. The molecule has 1 fully saturated rings. The van der Waals surface area contributed by atoms with Gasteiger partial charge >= 0.3 is 12.0 Å². The Morgan fingerprint density at radius 1 is 1.12 bits per heavy atom. The van der Waals surface area contributed by atoms with Crippen LogP contribution in [0.5, 0.6) is 0 Å². The van der Waals surface area contributed by atoms with Crippen LogP contribution in [0.3, 0.4) is 0 Å². The lowest BCUT2D eigenvalue weighted by molar-refractivity contribution is -0.127. The standard InChI is InChI=1S/C19H26N2O5/c1-13(17(22)21-19(24)20-16-6-4-3-5-7-16)26-18(23)15-10-8-14(9-11-15)12-25-2/h8-11,13,16H,3-7,12H2,1-2H3,(H2,20,21,22,24). The molecule has 1 aliphatic carbocycles. The second-order valence-corrected chi connectivity index (χ2v) is 6.48. The number of carbonyl (C=O) groups excluding carboxylic acids is 3. The molecule has 1 aliphatic rings. The number of urea groups is 1. The summed E-state index contributed by atoms with van der Waals surface area (Å²) in [6.07, 6.45) is 4.11. The molecule has 1 aromatic carbocycles. The maximum Gasteiger partial charge on any atom is 0.338 e. The number of hydrogen-bond donors (Lipinski definition) is 2. The van der Waals surface area contributed by atoms with Gasteiger partial charge < -0.3 is 14.8 Å². The van der Waals surface area contributed by atoms with Crippen molar-refractivity contribution in [3.63, 3.8) is 0 Å². The zero-order valence-electron chi connectivity index (χ0n) is 15.2. The molecular weight excluding hydrogens is 336 g/mol. The van der Waals surface area contributed by atoms with Gasteiger partial charge in [0.15, 0.2) is 6.10 Å².